The van der Waals surface area contributed by atoms with E-state index in [0.717, 1.165) is 24.2 Å². The predicted octanol–water partition coefficient (Wildman–Crippen LogP) is 4.30. The van der Waals surface area contributed by atoms with Crippen LogP contribution in [0.5, 0.6) is 5.88 Å². The van der Waals surface area contributed by atoms with Gasteiger partial charge in [0.2, 0.25) is 11.8 Å². The first-order valence-electron chi connectivity index (χ1n) is 9.15. The van der Waals surface area contributed by atoms with Gasteiger partial charge in [0.05, 0.1) is 13.3 Å². The lowest BCUT2D eigenvalue weighted by molar-refractivity contribution is 0.0710. The number of amides is 1. The van der Waals surface area contributed by atoms with Crippen LogP contribution in [0.1, 0.15) is 46.5 Å². The van der Waals surface area contributed by atoms with Gasteiger partial charge in [0.15, 0.2) is 0 Å². The number of carbonyl (C=O) groups is 1. The van der Waals surface area contributed by atoms with E-state index < -0.39 is 0 Å². The number of aromatic nitrogens is 2. The van der Waals surface area contributed by atoms with Gasteiger partial charge < -0.3 is 14.1 Å². The summed E-state index contributed by atoms with van der Waals surface area (Å²) >= 11 is 6.24. The molecule has 0 aliphatic carbocycles. The highest BCUT2D eigenvalue weighted by Gasteiger charge is 2.35. The zero-order chi connectivity index (χ0) is 19.5. The number of ether oxygens (including phenoxy) is 1. The first-order chi connectivity index (χ1) is 13.7. The number of methoxy groups -OCH3 is 1. The zero-order valence-corrected chi connectivity index (χ0v) is 16.2. The van der Waals surface area contributed by atoms with E-state index in [2.05, 4.69) is 9.97 Å². The number of likely N-dealkylation sites (tertiary alicyclic amines) is 1. The second-order valence-corrected chi connectivity index (χ2v) is 7.06. The summed E-state index contributed by atoms with van der Waals surface area (Å²) in [6.07, 6.45) is 5.57. The molecule has 0 radical (unpaired) electrons. The lowest BCUT2D eigenvalue weighted by Crippen LogP contribution is -2.31. The lowest BCUT2D eigenvalue weighted by Gasteiger charge is -2.22. The van der Waals surface area contributed by atoms with E-state index in [1.807, 2.05) is 24.3 Å². The molecule has 1 unspecified atom stereocenters. The average molecular weight is 398 g/mol. The Morgan fingerprint density at radius 3 is 2.96 bits per heavy atom. The normalized spacial score (nSPS) is 16.4. The summed E-state index contributed by atoms with van der Waals surface area (Å²) in [5.74, 6) is 1.47. The molecule has 1 saturated heterocycles. The third-order valence-corrected chi connectivity index (χ3v) is 5.26. The van der Waals surface area contributed by atoms with Crippen molar-refractivity contribution >= 4 is 17.5 Å². The van der Waals surface area contributed by atoms with Crippen LogP contribution in [0, 0.1) is 0 Å². The van der Waals surface area contributed by atoms with Crippen LogP contribution in [0.15, 0.2) is 53.2 Å². The minimum absolute atomic E-state index is 0.127. The smallest absolute Gasteiger partial charge is 0.260 e. The van der Waals surface area contributed by atoms with Crippen LogP contribution in [-0.4, -0.2) is 34.4 Å². The van der Waals surface area contributed by atoms with Gasteiger partial charge in [-0.05, 0) is 36.6 Å². The number of benzene rings is 1. The van der Waals surface area contributed by atoms with E-state index >= 15 is 0 Å². The number of hydrogen-bond acceptors (Lipinski definition) is 5. The van der Waals surface area contributed by atoms with Crippen LogP contribution in [0.3, 0.4) is 0 Å². The summed E-state index contributed by atoms with van der Waals surface area (Å²) in [5.41, 5.74) is 1.42. The van der Waals surface area contributed by atoms with Gasteiger partial charge in [-0.15, -0.1) is 0 Å². The van der Waals surface area contributed by atoms with Crippen molar-refractivity contribution in [2.75, 3.05) is 13.7 Å². The molecule has 3 heterocycles. The van der Waals surface area contributed by atoms with Crippen molar-refractivity contribution in [2.24, 2.45) is 0 Å². The van der Waals surface area contributed by atoms with E-state index in [0.29, 0.717) is 35.3 Å². The molecular weight excluding hydrogens is 378 g/mol. The first-order valence-corrected chi connectivity index (χ1v) is 9.53. The van der Waals surface area contributed by atoms with Gasteiger partial charge in [-0.25, -0.2) is 9.97 Å². The van der Waals surface area contributed by atoms with Crippen LogP contribution < -0.4 is 4.74 Å². The molecule has 144 valence electrons. The molecule has 1 aromatic carbocycles. The molecule has 0 N–H and O–H groups in total. The van der Waals surface area contributed by atoms with Gasteiger partial charge in [-0.1, -0.05) is 29.8 Å². The minimum atomic E-state index is -0.197. The second-order valence-electron chi connectivity index (χ2n) is 6.65. The fourth-order valence-corrected chi connectivity index (χ4v) is 3.73. The fourth-order valence-electron chi connectivity index (χ4n) is 3.53. The lowest BCUT2D eigenvalue weighted by atomic mass is 10.1. The van der Waals surface area contributed by atoms with E-state index in [4.69, 9.17) is 20.8 Å². The van der Waals surface area contributed by atoms with Gasteiger partial charge >= 0.3 is 0 Å². The summed E-state index contributed by atoms with van der Waals surface area (Å²) in [7, 11) is 1.51. The molecule has 7 heteroatoms. The van der Waals surface area contributed by atoms with Crippen LogP contribution >= 0.6 is 11.6 Å². The number of halogens is 1. The van der Waals surface area contributed by atoms with Gasteiger partial charge in [0, 0.05) is 24.2 Å². The molecule has 6 nitrogen and oxygen atoms in total. The maximum absolute atomic E-state index is 13.1. The van der Waals surface area contributed by atoms with E-state index in [1.165, 1.54) is 7.11 Å². The Bertz CT molecular complexity index is 988. The summed E-state index contributed by atoms with van der Waals surface area (Å²) < 4.78 is 11.2. The summed E-state index contributed by atoms with van der Waals surface area (Å²) in [6, 6.07) is 10.9. The van der Waals surface area contributed by atoms with Crippen molar-refractivity contribution in [2.45, 2.75) is 25.3 Å². The average Bonchev–Trinajstić information content (AvgIpc) is 3.38. The van der Waals surface area contributed by atoms with Crippen LogP contribution in [0.2, 0.25) is 5.02 Å². The third kappa shape index (κ3) is 3.60. The molecule has 2 aromatic heterocycles. The molecule has 0 saturated carbocycles. The van der Waals surface area contributed by atoms with Crippen molar-refractivity contribution in [3.05, 3.63) is 76.6 Å². The summed E-state index contributed by atoms with van der Waals surface area (Å²) in [5, 5.41) is 0.696. The van der Waals surface area contributed by atoms with Crippen LogP contribution in [-0.2, 0) is 6.42 Å². The van der Waals surface area contributed by atoms with Crippen molar-refractivity contribution in [1.82, 2.24) is 14.9 Å². The summed E-state index contributed by atoms with van der Waals surface area (Å²) in [4.78, 5) is 23.4. The number of pyridine rings is 1. The Kier molecular flexibility index (Phi) is 5.30. The predicted molar refractivity (Wildman–Crippen MR) is 105 cm³/mol. The van der Waals surface area contributed by atoms with Crippen molar-refractivity contribution in [1.29, 1.82) is 0 Å². The standard InChI is InChI=1S/C21H20ClN3O3/c1-27-19-16(7-4-10-23-19)21(26)25-11-5-9-18(25)20-24-13-15(28-20)12-14-6-2-3-8-17(14)22/h2-4,6-8,10,13,18H,5,9,11-12H2,1H3. The fraction of sp³-hybridized carbons (Fsp3) is 0.286. The summed E-state index contributed by atoms with van der Waals surface area (Å²) in [6.45, 7) is 0.643. The molecule has 1 aliphatic heterocycles. The molecule has 0 spiro atoms. The van der Waals surface area contributed by atoms with Gasteiger partial charge in [0.25, 0.3) is 5.91 Å². The Morgan fingerprint density at radius 2 is 2.14 bits per heavy atom. The molecule has 4 rings (SSSR count). The Balaban J connectivity index is 1.55. The quantitative estimate of drug-likeness (QED) is 0.642. The van der Waals surface area contributed by atoms with Crippen LogP contribution in [0.25, 0.3) is 0 Å². The number of oxazole rings is 1. The Labute approximate surface area is 168 Å². The maximum Gasteiger partial charge on any atom is 0.260 e. The second kappa shape index (κ2) is 8.02. The third-order valence-electron chi connectivity index (χ3n) is 4.89. The Morgan fingerprint density at radius 1 is 1.29 bits per heavy atom. The first kappa shape index (κ1) is 18.5. The maximum atomic E-state index is 13.1. The topological polar surface area (TPSA) is 68.5 Å². The largest absolute Gasteiger partial charge is 0.480 e. The SMILES string of the molecule is COc1ncccc1C(=O)N1CCCC1c1ncc(Cc2ccccc2Cl)o1. The molecule has 3 aromatic rings. The zero-order valence-electron chi connectivity index (χ0n) is 15.5. The van der Waals surface area contributed by atoms with Crippen LogP contribution in [0.4, 0.5) is 0 Å². The van der Waals surface area contributed by atoms with Gasteiger partial charge in [0.1, 0.15) is 17.4 Å². The monoisotopic (exact) mass is 397 g/mol. The molecule has 0 bridgehead atoms. The molecule has 1 fully saturated rings. The minimum Gasteiger partial charge on any atom is -0.480 e. The molecule has 1 aliphatic rings. The number of hydrogen-bond donors (Lipinski definition) is 0. The van der Waals surface area contributed by atoms with Crippen molar-refractivity contribution < 1.29 is 13.9 Å². The van der Waals surface area contributed by atoms with Gasteiger partial charge in [-0.2, -0.15) is 0 Å². The Hall–Kier alpha value is -2.86. The molecule has 1 atom stereocenters. The molecule has 1 amide bonds. The highest BCUT2D eigenvalue weighted by Crippen LogP contribution is 2.34. The van der Waals surface area contributed by atoms with E-state index in [1.54, 1.807) is 29.4 Å². The van der Waals surface area contributed by atoms with Crippen molar-refractivity contribution in [3.63, 3.8) is 0 Å². The molecular formula is C21H20ClN3O3. The highest BCUT2D eigenvalue weighted by atomic mass is 35.5. The van der Waals surface area contributed by atoms with Crippen molar-refractivity contribution in [3.8, 4) is 5.88 Å². The highest BCUT2D eigenvalue weighted by molar-refractivity contribution is 6.31. The van der Waals surface area contributed by atoms with E-state index in [9.17, 15) is 4.79 Å². The number of carbonyl (C=O) groups excluding carboxylic acids is 1. The molecule has 28 heavy (non-hydrogen) atoms. The van der Waals surface area contributed by atoms with Gasteiger partial charge in [-0.3, -0.25) is 4.79 Å². The number of nitrogens with zero attached hydrogens (tertiary/aromatic N) is 3. The number of rotatable bonds is 5. The van der Waals surface area contributed by atoms with E-state index in [-0.39, 0.29) is 11.9 Å².